The van der Waals surface area contributed by atoms with Crippen LogP contribution >= 0.6 is 0 Å². The number of carbonyl (C=O) groups is 3. The lowest BCUT2D eigenvalue weighted by molar-refractivity contribution is -0.157. The molecule has 166 valence electrons. The van der Waals surface area contributed by atoms with Gasteiger partial charge in [0.15, 0.2) is 0 Å². The topological polar surface area (TPSA) is 84.9 Å². The maximum atomic E-state index is 12.9. The minimum absolute atomic E-state index is 0.0768. The summed E-state index contributed by atoms with van der Waals surface area (Å²) in [6.07, 6.45) is 3.32. The fraction of sp³-hybridized carbons (Fsp3) is 0.609. The molecule has 30 heavy (non-hydrogen) atoms. The van der Waals surface area contributed by atoms with E-state index in [2.05, 4.69) is 12.2 Å². The second-order valence-electron chi connectivity index (χ2n) is 7.86. The molecule has 7 nitrogen and oxygen atoms in total. The summed E-state index contributed by atoms with van der Waals surface area (Å²) in [4.78, 5) is 38.7. The summed E-state index contributed by atoms with van der Waals surface area (Å²) >= 11 is 0. The highest BCUT2D eigenvalue weighted by atomic mass is 16.6. The number of esters is 1. The second-order valence-corrected chi connectivity index (χ2v) is 7.86. The molecule has 2 rings (SSSR count). The molecule has 1 aromatic rings. The van der Waals surface area contributed by atoms with Crippen LogP contribution in [-0.2, 0) is 25.7 Å². The lowest BCUT2D eigenvalue weighted by Crippen LogP contribution is -2.43. The monoisotopic (exact) mass is 418 g/mol. The first kappa shape index (κ1) is 23.7. The molecule has 0 spiro atoms. The number of nitrogens with zero attached hydrogens (tertiary/aromatic N) is 1. The van der Waals surface area contributed by atoms with Crippen LogP contribution in [-0.4, -0.2) is 48.6 Å². The molecule has 0 saturated carbocycles. The molecule has 0 bridgehead atoms. The van der Waals surface area contributed by atoms with Crippen molar-refractivity contribution in [2.24, 2.45) is 5.92 Å². The minimum Gasteiger partial charge on any atom is -0.461 e. The lowest BCUT2D eigenvalue weighted by atomic mass is 9.95. The number of likely N-dealkylation sites (tertiary alicyclic amines) is 1. The van der Waals surface area contributed by atoms with E-state index >= 15 is 0 Å². The molecule has 2 amide bonds. The summed E-state index contributed by atoms with van der Waals surface area (Å²) in [7, 11) is 1.60. The molecule has 1 aromatic carbocycles. The summed E-state index contributed by atoms with van der Waals surface area (Å²) in [5.41, 5.74) is 0.895. The van der Waals surface area contributed by atoms with Crippen LogP contribution in [0.1, 0.15) is 57.9 Å². The highest BCUT2D eigenvalue weighted by molar-refractivity contribution is 5.82. The quantitative estimate of drug-likeness (QED) is 0.586. The Morgan fingerprint density at radius 2 is 1.97 bits per heavy atom. The van der Waals surface area contributed by atoms with Gasteiger partial charge in [-0.15, -0.1) is 0 Å². The molecule has 0 aliphatic carbocycles. The van der Waals surface area contributed by atoms with E-state index in [-0.39, 0.29) is 24.5 Å². The van der Waals surface area contributed by atoms with E-state index in [4.69, 9.17) is 9.47 Å². The predicted octanol–water partition coefficient (Wildman–Crippen LogP) is 3.66. The Morgan fingerprint density at radius 1 is 1.23 bits per heavy atom. The molecule has 0 radical (unpaired) electrons. The summed E-state index contributed by atoms with van der Waals surface area (Å²) < 4.78 is 11.2. The third-order valence-electron chi connectivity index (χ3n) is 5.50. The molecule has 1 saturated heterocycles. The van der Waals surface area contributed by atoms with E-state index in [0.717, 1.165) is 24.8 Å². The maximum Gasteiger partial charge on any atom is 0.410 e. The average Bonchev–Trinajstić information content (AvgIpc) is 3.25. The van der Waals surface area contributed by atoms with Crippen LogP contribution in [0.4, 0.5) is 4.79 Å². The second kappa shape index (κ2) is 12.2. The van der Waals surface area contributed by atoms with Gasteiger partial charge in [0.05, 0.1) is 0 Å². The smallest absolute Gasteiger partial charge is 0.410 e. The maximum absolute atomic E-state index is 12.9. The predicted molar refractivity (Wildman–Crippen MR) is 114 cm³/mol. The average molecular weight is 419 g/mol. The number of benzene rings is 1. The van der Waals surface area contributed by atoms with Gasteiger partial charge in [-0.2, -0.15) is 0 Å². The highest BCUT2D eigenvalue weighted by Gasteiger charge is 2.38. The Hall–Kier alpha value is -2.57. The first-order valence-electron chi connectivity index (χ1n) is 10.8. The van der Waals surface area contributed by atoms with Gasteiger partial charge in [0.25, 0.3) is 0 Å². The first-order valence-corrected chi connectivity index (χ1v) is 10.8. The molecule has 1 N–H and O–H groups in total. The van der Waals surface area contributed by atoms with E-state index in [1.165, 1.54) is 4.90 Å². The minimum atomic E-state index is -0.635. The van der Waals surface area contributed by atoms with E-state index in [1.54, 1.807) is 7.05 Å². The van der Waals surface area contributed by atoms with Crippen molar-refractivity contribution in [1.29, 1.82) is 0 Å². The molecule has 0 aromatic heterocycles. The van der Waals surface area contributed by atoms with Gasteiger partial charge in [0.2, 0.25) is 5.91 Å². The molecule has 1 aliphatic rings. The van der Waals surface area contributed by atoms with Crippen molar-refractivity contribution in [2.75, 3.05) is 13.6 Å². The zero-order valence-electron chi connectivity index (χ0n) is 18.3. The molecule has 1 fully saturated rings. The van der Waals surface area contributed by atoms with E-state index in [1.807, 2.05) is 37.3 Å². The number of hydrogen-bond acceptors (Lipinski definition) is 5. The fourth-order valence-electron chi connectivity index (χ4n) is 3.65. The van der Waals surface area contributed by atoms with Crippen molar-refractivity contribution in [1.82, 2.24) is 10.2 Å². The Labute approximate surface area is 179 Å². The molecular weight excluding hydrogens is 384 g/mol. The normalized spacial score (nSPS) is 17.8. The van der Waals surface area contributed by atoms with Gasteiger partial charge in [-0.3, -0.25) is 9.69 Å². The van der Waals surface area contributed by atoms with Gasteiger partial charge in [-0.25, -0.2) is 9.59 Å². The summed E-state index contributed by atoms with van der Waals surface area (Å²) in [5.74, 6) is -0.582. The summed E-state index contributed by atoms with van der Waals surface area (Å²) in [5, 5.41) is 2.62. The summed E-state index contributed by atoms with van der Waals surface area (Å²) in [6, 6.07) is 8.80. The Kier molecular flexibility index (Phi) is 9.64. The van der Waals surface area contributed by atoms with Crippen molar-refractivity contribution in [3.05, 3.63) is 35.9 Å². The van der Waals surface area contributed by atoms with Crippen LogP contribution in [0.15, 0.2) is 30.3 Å². The van der Waals surface area contributed by atoms with Crippen LogP contribution in [0.5, 0.6) is 0 Å². The SMILES string of the molecule is CCCC[C@@H](OC(=O)[C@@H]1CCCN1C(=O)OCc1ccccc1)[C@@H](C)CC(=O)NC. The largest absolute Gasteiger partial charge is 0.461 e. The van der Waals surface area contributed by atoms with Gasteiger partial charge >= 0.3 is 12.1 Å². The highest BCUT2D eigenvalue weighted by Crippen LogP contribution is 2.24. The van der Waals surface area contributed by atoms with Crippen LogP contribution < -0.4 is 5.32 Å². The van der Waals surface area contributed by atoms with E-state index in [9.17, 15) is 14.4 Å². The molecule has 1 heterocycles. The number of amides is 2. The zero-order chi connectivity index (χ0) is 21.9. The van der Waals surface area contributed by atoms with Crippen molar-refractivity contribution in [3.63, 3.8) is 0 Å². The third kappa shape index (κ3) is 7.04. The Morgan fingerprint density at radius 3 is 2.63 bits per heavy atom. The first-order chi connectivity index (χ1) is 14.5. The third-order valence-corrected chi connectivity index (χ3v) is 5.50. The zero-order valence-corrected chi connectivity index (χ0v) is 18.3. The summed E-state index contributed by atoms with van der Waals surface area (Å²) in [6.45, 7) is 4.63. The molecule has 3 atom stereocenters. The number of hydrogen-bond donors (Lipinski definition) is 1. The molecule has 7 heteroatoms. The van der Waals surface area contributed by atoms with Crippen LogP contribution in [0.25, 0.3) is 0 Å². The van der Waals surface area contributed by atoms with Gasteiger partial charge in [-0.1, -0.05) is 57.0 Å². The van der Waals surface area contributed by atoms with Gasteiger partial charge in [0.1, 0.15) is 18.8 Å². The Bertz CT molecular complexity index is 694. The van der Waals surface area contributed by atoms with Crippen molar-refractivity contribution in [3.8, 4) is 0 Å². The lowest BCUT2D eigenvalue weighted by Gasteiger charge is -2.28. The van der Waals surface area contributed by atoms with Gasteiger partial charge in [0, 0.05) is 25.9 Å². The molecular formula is C23H34N2O5. The van der Waals surface area contributed by atoms with Crippen molar-refractivity contribution in [2.45, 2.75) is 71.1 Å². The van der Waals surface area contributed by atoms with Crippen LogP contribution in [0.2, 0.25) is 0 Å². The van der Waals surface area contributed by atoms with Gasteiger partial charge < -0.3 is 14.8 Å². The van der Waals surface area contributed by atoms with E-state index in [0.29, 0.717) is 25.8 Å². The molecule has 0 unspecified atom stereocenters. The number of nitrogens with one attached hydrogen (secondary N) is 1. The number of rotatable bonds is 10. The van der Waals surface area contributed by atoms with Crippen LogP contribution in [0, 0.1) is 5.92 Å². The standard InChI is InChI=1S/C23H34N2O5/c1-4-5-13-20(17(2)15-21(26)24-3)30-22(27)19-12-9-14-25(19)23(28)29-16-18-10-7-6-8-11-18/h6-8,10-11,17,19-20H,4-5,9,12-16H2,1-3H3,(H,24,26)/t17-,19-,20+/m0/s1. The molecule has 1 aliphatic heterocycles. The number of ether oxygens (including phenoxy) is 2. The fourth-order valence-corrected chi connectivity index (χ4v) is 3.65. The van der Waals surface area contributed by atoms with E-state index < -0.39 is 18.1 Å². The number of unbranched alkanes of at least 4 members (excludes halogenated alkanes) is 1. The number of carbonyl (C=O) groups excluding carboxylic acids is 3. The Balaban J connectivity index is 1.95. The van der Waals surface area contributed by atoms with Crippen LogP contribution in [0.3, 0.4) is 0 Å². The van der Waals surface area contributed by atoms with Crippen molar-refractivity contribution >= 4 is 18.0 Å². The van der Waals surface area contributed by atoms with Crippen molar-refractivity contribution < 1.29 is 23.9 Å². The van der Waals surface area contributed by atoms with Gasteiger partial charge in [-0.05, 0) is 24.8 Å².